The summed E-state index contributed by atoms with van der Waals surface area (Å²) in [4.78, 5) is 12.5. The highest BCUT2D eigenvalue weighted by Gasteiger charge is 2.15. The lowest BCUT2D eigenvalue weighted by atomic mass is 9.99. The van der Waals surface area contributed by atoms with Crippen LogP contribution in [0.15, 0.2) is 24.4 Å². The lowest BCUT2D eigenvalue weighted by molar-refractivity contribution is 0.352. The van der Waals surface area contributed by atoms with Gasteiger partial charge in [0.25, 0.3) is 0 Å². The molecule has 7 nitrogen and oxygen atoms in total. The highest BCUT2D eigenvalue weighted by Crippen LogP contribution is 2.33. The topological polar surface area (TPSA) is 109 Å². The second kappa shape index (κ2) is 6.19. The Kier molecular flexibility index (Phi) is 4.07. The second-order valence-corrected chi connectivity index (χ2v) is 5.40. The molecule has 0 aliphatic heterocycles. The van der Waals surface area contributed by atoms with Crippen LogP contribution < -0.4 is 20.9 Å². The molecule has 7 heteroatoms. The number of ether oxygens (including phenoxy) is 2. The first-order valence-corrected chi connectivity index (χ1v) is 7.42. The zero-order valence-electron chi connectivity index (χ0n) is 13.8. The minimum Gasteiger partial charge on any atom is -0.493 e. The molecule has 0 unspecified atom stereocenters. The zero-order valence-corrected chi connectivity index (χ0v) is 13.8. The molecule has 0 aliphatic carbocycles. The molecular weight excluding hydrogens is 306 g/mol. The predicted molar refractivity (Wildman–Crippen MR) is 93.2 cm³/mol. The lowest BCUT2D eigenvalue weighted by Gasteiger charge is -2.14. The molecule has 24 heavy (non-hydrogen) atoms. The predicted octanol–water partition coefficient (Wildman–Crippen LogP) is 2.11. The summed E-state index contributed by atoms with van der Waals surface area (Å²) >= 11 is 0. The monoisotopic (exact) mass is 325 g/mol. The molecule has 0 saturated carbocycles. The van der Waals surface area contributed by atoms with E-state index in [2.05, 4.69) is 15.0 Å². The van der Waals surface area contributed by atoms with Gasteiger partial charge in [-0.1, -0.05) is 12.1 Å². The van der Waals surface area contributed by atoms with Crippen molar-refractivity contribution in [1.29, 1.82) is 0 Å². The van der Waals surface area contributed by atoms with Gasteiger partial charge in [0.15, 0.2) is 17.1 Å². The Morgan fingerprint density at radius 1 is 1.04 bits per heavy atom. The summed E-state index contributed by atoms with van der Waals surface area (Å²) < 4.78 is 10.8. The molecule has 2 aromatic heterocycles. The summed E-state index contributed by atoms with van der Waals surface area (Å²) in [6.07, 6.45) is 2.40. The van der Waals surface area contributed by atoms with E-state index in [-0.39, 0.29) is 5.95 Å². The first kappa shape index (κ1) is 15.8. The van der Waals surface area contributed by atoms with Gasteiger partial charge in [-0.2, -0.15) is 9.97 Å². The average Bonchev–Trinajstić information content (AvgIpc) is 2.56. The maximum Gasteiger partial charge on any atom is 0.224 e. The number of benzene rings is 1. The number of pyridine rings is 1. The molecule has 0 amide bonds. The van der Waals surface area contributed by atoms with Crippen LogP contribution in [0.5, 0.6) is 11.5 Å². The van der Waals surface area contributed by atoms with Gasteiger partial charge in [-0.25, -0.2) is 4.98 Å². The summed E-state index contributed by atoms with van der Waals surface area (Å²) in [7, 11) is 3.24. The zero-order chi connectivity index (χ0) is 17.3. The van der Waals surface area contributed by atoms with Crippen molar-refractivity contribution < 1.29 is 9.47 Å². The van der Waals surface area contributed by atoms with Crippen LogP contribution in [-0.2, 0) is 6.42 Å². The van der Waals surface area contributed by atoms with E-state index in [9.17, 15) is 0 Å². The maximum absolute atomic E-state index is 6.01. The van der Waals surface area contributed by atoms with Crippen LogP contribution in [0.4, 0.5) is 11.8 Å². The van der Waals surface area contributed by atoms with Gasteiger partial charge in [-0.3, -0.25) is 0 Å². The third kappa shape index (κ3) is 2.64. The summed E-state index contributed by atoms with van der Waals surface area (Å²) in [5, 5.41) is 0.726. The Morgan fingerprint density at radius 2 is 1.83 bits per heavy atom. The van der Waals surface area contributed by atoms with Crippen LogP contribution in [0.25, 0.3) is 11.0 Å². The maximum atomic E-state index is 6.01. The number of hydrogen-bond donors (Lipinski definition) is 2. The minimum atomic E-state index is 0.120. The molecule has 0 radical (unpaired) electrons. The Balaban J connectivity index is 2.10. The molecule has 2 heterocycles. The first-order valence-electron chi connectivity index (χ1n) is 7.42. The van der Waals surface area contributed by atoms with E-state index in [1.807, 2.05) is 25.1 Å². The van der Waals surface area contributed by atoms with Gasteiger partial charge in [0.05, 0.1) is 19.6 Å². The molecule has 1 aromatic carbocycles. The van der Waals surface area contributed by atoms with Crippen LogP contribution in [0.1, 0.15) is 16.7 Å². The number of anilines is 2. The summed E-state index contributed by atoms with van der Waals surface area (Å²) in [6, 6.07) is 5.79. The van der Waals surface area contributed by atoms with E-state index in [1.54, 1.807) is 20.4 Å². The fourth-order valence-electron chi connectivity index (χ4n) is 2.81. The third-order valence-corrected chi connectivity index (χ3v) is 4.00. The second-order valence-electron chi connectivity index (χ2n) is 5.40. The highest BCUT2D eigenvalue weighted by atomic mass is 16.5. The first-order chi connectivity index (χ1) is 11.5. The molecule has 3 aromatic rings. The van der Waals surface area contributed by atoms with Crippen LogP contribution in [0.2, 0.25) is 0 Å². The van der Waals surface area contributed by atoms with Crippen molar-refractivity contribution in [2.24, 2.45) is 0 Å². The number of fused-ring (bicyclic) bond motifs is 1. The SMILES string of the molecule is COc1cccc(Cc2cnc3nc(N)nc(N)c3c2C)c1OC. The highest BCUT2D eigenvalue weighted by molar-refractivity contribution is 5.90. The molecular formula is C17H19N5O2. The van der Waals surface area contributed by atoms with Crippen LogP contribution in [-0.4, -0.2) is 29.2 Å². The summed E-state index contributed by atoms with van der Waals surface area (Å²) in [5.74, 6) is 1.86. The van der Waals surface area contributed by atoms with Gasteiger partial charge in [-0.15, -0.1) is 0 Å². The Morgan fingerprint density at radius 3 is 2.54 bits per heavy atom. The van der Waals surface area contributed by atoms with Gasteiger partial charge >= 0.3 is 0 Å². The molecule has 0 spiro atoms. The molecule has 0 atom stereocenters. The molecule has 0 fully saturated rings. The van der Waals surface area contributed by atoms with Crippen molar-refractivity contribution in [1.82, 2.24) is 15.0 Å². The quantitative estimate of drug-likeness (QED) is 0.756. The van der Waals surface area contributed by atoms with Crippen molar-refractivity contribution in [3.63, 3.8) is 0 Å². The average molecular weight is 325 g/mol. The van der Waals surface area contributed by atoms with Gasteiger partial charge in [0, 0.05) is 18.2 Å². The lowest BCUT2D eigenvalue weighted by Crippen LogP contribution is -2.05. The van der Waals surface area contributed by atoms with Gasteiger partial charge < -0.3 is 20.9 Å². The Bertz CT molecular complexity index is 911. The van der Waals surface area contributed by atoms with E-state index in [0.29, 0.717) is 29.4 Å². The number of nitrogens with two attached hydrogens (primary N) is 2. The van der Waals surface area contributed by atoms with Crippen molar-refractivity contribution in [2.75, 3.05) is 25.7 Å². The largest absolute Gasteiger partial charge is 0.493 e. The van der Waals surface area contributed by atoms with Crippen LogP contribution in [0.3, 0.4) is 0 Å². The normalized spacial score (nSPS) is 10.8. The number of hydrogen-bond acceptors (Lipinski definition) is 7. The summed E-state index contributed by atoms with van der Waals surface area (Å²) in [5.41, 5.74) is 15.1. The minimum absolute atomic E-state index is 0.120. The summed E-state index contributed by atoms with van der Waals surface area (Å²) in [6.45, 7) is 1.97. The molecule has 0 bridgehead atoms. The Labute approximate surface area is 139 Å². The number of para-hydroxylation sites is 1. The van der Waals surface area contributed by atoms with E-state index >= 15 is 0 Å². The third-order valence-electron chi connectivity index (χ3n) is 4.00. The number of nitrogen functional groups attached to an aromatic ring is 2. The van der Waals surface area contributed by atoms with Gasteiger partial charge in [0.1, 0.15) is 5.82 Å². The standard InChI is InChI=1S/C17H19N5O2/c1-9-11(7-10-5-4-6-12(23-2)14(10)24-3)8-20-16-13(9)15(18)21-17(19)22-16/h4-6,8H,7H2,1-3H3,(H4,18,19,20,21,22). The Hall–Kier alpha value is -3.09. The van der Waals surface area contributed by atoms with Crippen LogP contribution >= 0.6 is 0 Å². The molecule has 4 N–H and O–H groups in total. The van der Waals surface area contributed by atoms with Gasteiger partial charge in [-0.05, 0) is 24.1 Å². The van der Waals surface area contributed by atoms with Crippen molar-refractivity contribution in [3.05, 3.63) is 41.1 Å². The fourth-order valence-corrected chi connectivity index (χ4v) is 2.81. The van der Waals surface area contributed by atoms with Crippen LogP contribution in [0, 0.1) is 6.92 Å². The number of aromatic nitrogens is 3. The van der Waals surface area contributed by atoms with Crippen molar-refractivity contribution >= 4 is 22.8 Å². The van der Waals surface area contributed by atoms with Crippen molar-refractivity contribution in [2.45, 2.75) is 13.3 Å². The number of rotatable bonds is 4. The number of methoxy groups -OCH3 is 2. The van der Waals surface area contributed by atoms with E-state index in [4.69, 9.17) is 20.9 Å². The molecule has 3 rings (SSSR count). The molecule has 124 valence electrons. The van der Waals surface area contributed by atoms with Gasteiger partial charge in [0.2, 0.25) is 5.95 Å². The van der Waals surface area contributed by atoms with Crippen molar-refractivity contribution in [3.8, 4) is 11.5 Å². The molecule has 0 aliphatic rings. The number of aryl methyl sites for hydroxylation is 1. The van der Waals surface area contributed by atoms with E-state index in [0.717, 1.165) is 22.1 Å². The van der Waals surface area contributed by atoms with E-state index in [1.165, 1.54) is 0 Å². The number of nitrogens with zero attached hydrogens (tertiary/aromatic N) is 3. The molecule has 0 saturated heterocycles. The smallest absolute Gasteiger partial charge is 0.224 e. The van der Waals surface area contributed by atoms with E-state index < -0.39 is 0 Å². The fraction of sp³-hybridized carbons (Fsp3) is 0.235.